The van der Waals surface area contributed by atoms with Gasteiger partial charge in [0.1, 0.15) is 5.82 Å². The third-order valence-electron chi connectivity index (χ3n) is 2.74. The van der Waals surface area contributed by atoms with Crippen LogP contribution in [0, 0.1) is 11.6 Å². The Morgan fingerprint density at radius 3 is 2.62 bits per heavy atom. The fraction of sp³-hybridized carbons (Fsp3) is 0.214. The summed E-state index contributed by atoms with van der Waals surface area (Å²) >= 11 is 0. The van der Waals surface area contributed by atoms with Gasteiger partial charge in [0.25, 0.3) is 5.91 Å². The largest absolute Gasteiger partial charge is 0.396 e. The Balaban J connectivity index is 2.27. The monoisotopic (exact) mass is 292 g/mol. The molecule has 0 aliphatic rings. The number of nitrogens with zero attached hydrogens (tertiary/aromatic N) is 2. The highest BCUT2D eigenvalue weighted by atomic mass is 19.2. The zero-order valence-electron chi connectivity index (χ0n) is 11.5. The number of benzene rings is 1. The maximum absolute atomic E-state index is 13.1. The smallest absolute Gasteiger partial charge is 0.276 e. The molecule has 2 aromatic rings. The van der Waals surface area contributed by atoms with Crippen molar-refractivity contribution < 1.29 is 13.6 Å². The molecule has 0 bridgehead atoms. The minimum absolute atomic E-state index is 0.00145. The molecule has 0 saturated heterocycles. The van der Waals surface area contributed by atoms with Crippen molar-refractivity contribution in [3.63, 3.8) is 0 Å². The molecular weight excluding hydrogens is 278 g/mol. The van der Waals surface area contributed by atoms with Crippen molar-refractivity contribution in [3.05, 3.63) is 47.5 Å². The zero-order chi connectivity index (χ0) is 15.6. The van der Waals surface area contributed by atoms with Gasteiger partial charge in [-0.3, -0.25) is 4.79 Å². The van der Waals surface area contributed by atoms with Crippen molar-refractivity contribution in [2.45, 2.75) is 19.8 Å². The van der Waals surface area contributed by atoms with Crippen molar-refractivity contribution in [2.75, 3.05) is 11.1 Å². The Hall–Kier alpha value is -2.57. The van der Waals surface area contributed by atoms with Crippen molar-refractivity contribution in [1.29, 1.82) is 0 Å². The lowest BCUT2D eigenvalue weighted by atomic mass is 10.2. The van der Waals surface area contributed by atoms with Gasteiger partial charge in [-0.2, -0.15) is 0 Å². The lowest BCUT2D eigenvalue weighted by Gasteiger charge is -2.09. The molecule has 0 spiro atoms. The van der Waals surface area contributed by atoms with Crippen LogP contribution >= 0.6 is 0 Å². The molecule has 110 valence electrons. The number of carbonyl (C=O) groups excluding carboxylic acids is 1. The molecule has 21 heavy (non-hydrogen) atoms. The van der Waals surface area contributed by atoms with E-state index >= 15 is 0 Å². The molecule has 2 rings (SSSR count). The minimum atomic E-state index is -1.05. The van der Waals surface area contributed by atoms with Crippen LogP contribution < -0.4 is 11.1 Å². The molecule has 0 saturated carbocycles. The minimum Gasteiger partial charge on any atom is -0.396 e. The van der Waals surface area contributed by atoms with E-state index in [1.807, 2.05) is 13.8 Å². The van der Waals surface area contributed by atoms with E-state index in [1.165, 1.54) is 12.3 Å². The molecule has 3 N–H and O–H groups in total. The summed E-state index contributed by atoms with van der Waals surface area (Å²) in [5, 5.41) is 2.42. The summed E-state index contributed by atoms with van der Waals surface area (Å²) in [6.07, 6.45) is 1.35. The first-order chi connectivity index (χ1) is 9.88. The summed E-state index contributed by atoms with van der Waals surface area (Å²) < 4.78 is 25.9. The van der Waals surface area contributed by atoms with E-state index in [2.05, 4.69) is 15.3 Å². The molecule has 1 aromatic carbocycles. The number of nitrogen functional groups attached to an aromatic ring is 1. The molecule has 5 nitrogen and oxygen atoms in total. The van der Waals surface area contributed by atoms with Gasteiger partial charge in [0.2, 0.25) is 0 Å². The Morgan fingerprint density at radius 2 is 2.00 bits per heavy atom. The van der Waals surface area contributed by atoms with Crippen LogP contribution in [0.4, 0.5) is 20.2 Å². The van der Waals surface area contributed by atoms with Crippen LogP contribution in [0.15, 0.2) is 24.4 Å². The summed E-state index contributed by atoms with van der Waals surface area (Å²) in [5.74, 6) is -2.15. The molecule has 0 aliphatic heterocycles. The predicted octanol–water partition coefficient (Wildman–Crippen LogP) is 2.71. The highest BCUT2D eigenvalue weighted by molar-refractivity contribution is 6.06. The molecule has 1 heterocycles. The van der Waals surface area contributed by atoms with Gasteiger partial charge in [0.05, 0.1) is 11.9 Å². The molecule has 7 heteroatoms. The predicted molar refractivity (Wildman–Crippen MR) is 74.8 cm³/mol. The number of hydrogen-bond acceptors (Lipinski definition) is 4. The highest BCUT2D eigenvalue weighted by Crippen LogP contribution is 2.17. The number of nitrogens with two attached hydrogens (primary N) is 1. The Morgan fingerprint density at radius 1 is 1.29 bits per heavy atom. The number of nitrogens with one attached hydrogen (secondary N) is 1. The Kier molecular flexibility index (Phi) is 4.11. The standard InChI is InChI=1S/C14H14F2N4O/c1-7(2)13-18-6-11(17)12(20-13)14(21)19-8-3-4-9(15)10(16)5-8/h3-7H,17H2,1-2H3,(H,19,21). The molecule has 0 unspecified atom stereocenters. The third kappa shape index (κ3) is 3.31. The Bertz CT molecular complexity index is 689. The van der Waals surface area contributed by atoms with Crippen molar-refractivity contribution >= 4 is 17.3 Å². The molecular formula is C14H14F2N4O. The summed E-state index contributed by atoms with van der Waals surface area (Å²) in [7, 11) is 0. The van der Waals surface area contributed by atoms with Crippen LogP contribution in [0.3, 0.4) is 0 Å². The van der Waals surface area contributed by atoms with Gasteiger partial charge in [0, 0.05) is 17.7 Å². The Labute approximate surface area is 120 Å². The molecule has 1 aromatic heterocycles. The topological polar surface area (TPSA) is 80.9 Å². The lowest BCUT2D eigenvalue weighted by molar-refractivity contribution is 0.102. The molecule has 0 fully saturated rings. The third-order valence-corrected chi connectivity index (χ3v) is 2.74. The first-order valence-electron chi connectivity index (χ1n) is 6.27. The second-order valence-electron chi connectivity index (χ2n) is 4.77. The quantitative estimate of drug-likeness (QED) is 0.911. The summed E-state index contributed by atoms with van der Waals surface area (Å²) in [5.41, 5.74) is 5.90. The number of amides is 1. The van der Waals surface area contributed by atoms with Gasteiger partial charge in [-0.05, 0) is 12.1 Å². The van der Waals surface area contributed by atoms with Gasteiger partial charge in [-0.15, -0.1) is 0 Å². The van der Waals surface area contributed by atoms with Crippen LogP contribution in [0.25, 0.3) is 0 Å². The number of carbonyl (C=O) groups is 1. The van der Waals surface area contributed by atoms with Gasteiger partial charge < -0.3 is 11.1 Å². The first kappa shape index (κ1) is 14.8. The lowest BCUT2D eigenvalue weighted by Crippen LogP contribution is -2.18. The molecule has 1 amide bonds. The van der Waals surface area contributed by atoms with E-state index in [1.54, 1.807) is 0 Å². The number of anilines is 2. The SMILES string of the molecule is CC(C)c1ncc(N)c(C(=O)Nc2ccc(F)c(F)c2)n1. The van der Waals surface area contributed by atoms with Crippen molar-refractivity contribution in [2.24, 2.45) is 0 Å². The van der Waals surface area contributed by atoms with Crippen LogP contribution in [0.2, 0.25) is 0 Å². The van der Waals surface area contributed by atoms with Crippen LogP contribution in [-0.4, -0.2) is 15.9 Å². The fourth-order valence-corrected chi connectivity index (χ4v) is 1.63. The average molecular weight is 292 g/mol. The summed E-state index contributed by atoms with van der Waals surface area (Å²) in [6, 6.07) is 3.05. The van der Waals surface area contributed by atoms with E-state index in [0.717, 1.165) is 12.1 Å². The second kappa shape index (κ2) is 5.82. The maximum Gasteiger partial charge on any atom is 0.276 e. The summed E-state index contributed by atoms with van der Waals surface area (Å²) in [4.78, 5) is 20.2. The van der Waals surface area contributed by atoms with Crippen molar-refractivity contribution in [1.82, 2.24) is 9.97 Å². The highest BCUT2D eigenvalue weighted by Gasteiger charge is 2.15. The molecule has 0 radical (unpaired) electrons. The fourth-order valence-electron chi connectivity index (χ4n) is 1.63. The normalized spacial score (nSPS) is 10.7. The van der Waals surface area contributed by atoms with Gasteiger partial charge in [-0.25, -0.2) is 18.7 Å². The number of rotatable bonds is 3. The maximum atomic E-state index is 13.1. The van der Waals surface area contributed by atoms with E-state index in [-0.39, 0.29) is 23.0 Å². The summed E-state index contributed by atoms with van der Waals surface area (Å²) in [6.45, 7) is 3.76. The van der Waals surface area contributed by atoms with Gasteiger partial charge in [0.15, 0.2) is 17.3 Å². The first-order valence-corrected chi connectivity index (χ1v) is 6.27. The number of halogens is 2. The van der Waals surface area contributed by atoms with Gasteiger partial charge in [-0.1, -0.05) is 13.8 Å². The number of hydrogen-bond donors (Lipinski definition) is 2. The molecule has 0 atom stereocenters. The average Bonchev–Trinajstić information content (AvgIpc) is 2.43. The zero-order valence-corrected chi connectivity index (χ0v) is 11.5. The van der Waals surface area contributed by atoms with Crippen LogP contribution in [0.5, 0.6) is 0 Å². The van der Waals surface area contributed by atoms with E-state index in [4.69, 9.17) is 5.73 Å². The van der Waals surface area contributed by atoms with E-state index < -0.39 is 17.5 Å². The van der Waals surface area contributed by atoms with Crippen molar-refractivity contribution in [3.8, 4) is 0 Å². The number of aromatic nitrogens is 2. The second-order valence-corrected chi connectivity index (χ2v) is 4.77. The van der Waals surface area contributed by atoms with Crippen LogP contribution in [-0.2, 0) is 0 Å². The van der Waals surface area contributed by atoms with Gasteiger partial charge >= 0.3 is 0 Å². The molecule has 0 aliphatic carbocycles. The van der Waals surface area contributed by atoms with E-state index in [9.17, 15) is 13.6 Å². The van der Waals surface area contributed by atoms with Crippen LogP contribution in [0.1, 0.15) is 36.1 Å². The van der Waals surface area contributed by atoms with E-state index in [0.29, 0.717) is 5.82 Å².